The van der Waals surface area contributed by atoms with Gasteiger partial charge >= 0.3 is 6.09 Å². The molecule has 4 N–H and O–H groups in total. The van der Waals surface area contributed by atoms with Crippen LogP contribution in [-0.2, 0) is 14.0 Å². The zero-order valence-corrected chi connectivity index (χ0v) is 27.1. The molecule has 7 nitrogen and oxygen atoms in total. The first-order valence-electron chi connectivity index (χ1n) is 14.0. The van der Waals surface area contributed by atoms with Gasteiger partial charge in [-0.2, -0.15) is 0 Å². The van der Waals surface area contributed by atoms with Crippen molar-refractivity contribution >= 4 is 30.7 Å². The van der Waals surface area contributed by atoms with Crippen molar-refractivity contribution in [2.24, 2.45) is 11.1 Å². The Morgan fingerprint density at radius 2 is 1.48 bits per heavy atom. The van der Waals surface area contributed by atoms with Crippen LogP contribution in [0.1, 0.15) is 55.4 Å². The second-order valence-corrected chi connectivity index (χ2v) is 16.7. The van der Waals surface area contributed by atoms with Gasteiger partial charge in [0.05, 0.1) is 12.0 Å². The molecule has 2 rings (SSSR count). The van der Waals surface area contributed by atoms with E-state index in [2.05, 4.69) is 86.1 Å². The van der Waals surface area contributed by atoms with Gasteiger partial charge in [0.2, 0.25) is 5.91 Å². The Bertz CT molecular complexity index is 1300. The van der Waals surface area contributed by atoms with Crippen LogP contribution in [0.4, 0.5) is 4.79 Å². The summed E-state index contributed by atoms with van der Waals surface area (Å²) in [5.74, 6) is 7.97. The predicted octanol–water partition coefficient (Wildman–Crippen LogP) is 4.08. The van der Waals surface area contributed by atoms with E-state index in [1.165, 1.54) is 0 Å². The van der Waals surface area contributed by atoms with E-state index in [0.717, 1.165) is 10.4 Å². The summed E-state index contributed by atoms with van der Waals surface area (Å²) in [6.07, 6.45) is 0.997. The summed E-state index contributed by atoms with van der Waals surface area (Å²) in [6, 6.07) is 21.5. The van der Waals surface area contributed by atoms with Crippen LogP contribution in [0.15, 0.2) is 73.3 Å². The predicted molar refractivity (Wildman–Crippen MR) is 172 cm³/mol. The Morgan fingerprint density at radius 1 is 0.952 bits per heavy atom. The number of hydrogen-bond donors (Lipinski definition) is 3. The molecule has 0 spiro atoms. The molecule has 0 saturated carbocycles. The summed E-state index contributed by atoms with van der Waals surface area (Å²) in [5.41, 5.74) is 4.98. The molecule has 0 fully saturated rings. The highest BCUT2D eigenvalue weighted by molar-refractivity contribution is 6.99. The molecule has 0 aliphatic carbocycles. The molecule has 2 aromatic carbocycles. The molecule has 0 radical (unpaired) electrons. The number of carbonyl (C=O) groups excluding carboxylic acids is 2. The third-order valence-corrected chi connectivity index (χ3v) is 11.9. The highest BCUT2D eigenvalue weighted by atomic mass is 28.4. The average Bonchev–Trinajstić information content (AvgIpc) is 2.92. The molecule has 3 atom stereocenters. The number of ether oxygens (including phenoxy) is 1. The molecule has 8 heteroatoms. The van der Waals surface area contributed by atoms with Crippen molar-refractivity contribution in [3.63, 3.8) is 0 Å². The number of hydrogen-bond acceptors (Lipinski definition) is 5. The van der Waals surface area contributed by atoms with E-state index in [4.69, 9.17) is 14.9 Å². The van der Waals surface area contributed by atoms with Gasteiger partial charge in [0, 0.05) is 18.0 Å². The van der Waals surface area contributed by atoms with Gasteiger partial charge in [0.15, 0.2) is 0 Å². The smallest absolute Gasteiger partial charge is 0.419 e. The fraction of sp³-hybridized carbons (Fsp3) is 0.412. The zero-order valence-electron chi connectivity index (χ0n) is 26.1. The van der Waals surface area contributed by atoms with Gasteiger partial charge in [0.25, 0.3) is 8.32 Å². The lowest BCUT2D eigenvalue weighted by atomic mass is 9.83. The van der Waals surface area contributed by atoms with E-state index in [1.807, 2.05) is 50.2 Å². The van der Waals surface area contributed by atoms with Crippen LogP contribution in [0.5, 0.6) is 0 Å². The van der Waals surface area contributed by atoms with Gasteiger partial charge in [-0.15, -0.1) is 6.58 Å². The number of carbonyl (C=O) groups is 2. The number of nitrogens with one attached hydrogen (secondary N) is 2. The van der Waals surface area contributed by atoms with Gasteiger partial charge < -0.3 is 20.2 Å². The molecule has 2 unspecified atom stereocenters. The minimum absolute atomic E-state index is 0.0458. The summed E-state index contributed by atoms with van der Waals surface area (Å²) < 4.78 is 12.0. The molecule has 0 heterocycles. The highest BCUT2D eigenvalue weighted by Gasteiger charge is 2.50. The number of benzene rings is 2. The Kier molecular flexibility index (Phi) is 11.8. The van der Waals surface area contributed by atoms with E-state index in [-0.39, 0.29) is 17.6 Å². The Morgan fingerprint density at radius 3 is 1.93 bits per heavy atom. The first kappa shape index (κ1) is 34.4. The summed E-state index contributed by atoms with van der Waals surface area (Å²) in [5, 5.41) is 7.29. The molecular weight excluding hydrogens is 542 g/mol. The molecule has 2 amide bonds. The summed E-state index contributed by atoms with van der Waals surface area (Å²) in [6.45, 7) is 19.4. The molecule has 2 aromatic rings. The Labute approximate surface area is 252 Å². The van der Waals surface area contributed by atoms with Crippen LogP contribution in [0, 0.1) is 29.2 Å². The number of amides is 2. The third-order valence-electron chi connectivity index (χ3n) is 6.94. The van der Waals surface area contributed by atoms with Crippen molar-refractivity contribution in [1.29, 1.82) is 0 Å². The standard InChI is InChI=1S/C34H45N3O4Si/c1-10-34(9,23-17-18-24-36-31(39)41-32(3,4)5)26(2)37-30(38)29(35)25-40-42(33(6,7)8,27-19-13-11-14-20-27)28-21-15-12-16-22-28/h10-16,19-22,26,29H,1,25,35H2,2-9H3,(H,36,39)(H,37,38)/t26?,29-,34?/m0/s1. The summed E-state index contributed by atoms with van der Waals surface area (Å²) in [4.78, 5) is 25.0. The van der Waals surface area contributed by atoms with Gasteiger partial charge in [-0.1, -0.05) is 93.4 Å². The van der Waals surface area contributed by atoms with E-state index in [9.17, 15) is 9.59 Å². The molecule has 0 saturated heterocycles. The van der Waals surface area contributed by atoms with Crippen molar-refractivity contribution < 1.29 is 18.8 Å². The van der Waals surface area contributed by atoms with Crippen molar-refractivity contribution in [2.75, 3.05) is 6.61 Å². The molecule has 0 aliphatic heterocycles. The fourth-order valence-electron chi connectivity index (χ4n) is 4.44. The fourth-order valence-corrected chi connectivity index (χ4v) is 9.03. The summed E-state index contributed by atoms with van der Waals surface area (Å²) in [7, 11) is -2.84. The molecule has 0 bridgehead atoms. The van der Waals surface area contributed by atoms with E-state index < -0.39 is 37.5 Å². The quantitative estimate of drug-likeness (QED) is 0.178. The van der Waals surface area contributed by atoms with Crippen molar-refractivity contribution in [2.45, 2.75) is 78.1 Å². The largest absolute Gasteiger partial charge is 0.443 e. The molecular formula is C34H45N3O4Si. The van der Waals surface area contributed by atoms with Crippen LogP contribution in [0.3, 0.4) is 0 Å². The van der Waals surface area contributed by atoms with Gasteiger partial charge in [-0.25, -0.2) is 10.1 Å². The number of rotatable bonds is 9. The van der Waals surface area contributed by atoms with Gasteiger partial charge in [0.1, 0.15) is 11.6 Å². The van der Waals surface area contributed by atoms with Crippen LogP contribution >= 0.6 is 0 Å². The van der Waals surface area contributed by atoms with E-state index in [1.54, 1.807) is 26.8 Å². The van der Waals surface area contributed by atoms with Crippen LogP contribution in [0.25, 0.3) is 0 Å². The normalized spacial score (nSPS) is 14.4. The Hall–Kier alpha value is -3.82. The Balaban J connectivity index is 2.18. The average molecular weight is 588 g/mol. The van der Waals surface area contributed by atoms with Crippen LogP contribution < -0.4 is 26.7 Å². The van der Waals surface area contributed by atoms with Gasteiger partial charge in [-0.3, -0.25) is 4.79 Å². The van der Waals surface area contributed by atoms with Crippen molar-refractivity contribution in [3.05, 3.63) is 73.3 Å². The monoisotopic (exact) mass is 587 g/mol. The minimum atomic E-state index is -2.84. The minimum Gasteiger partial charge on any atom is -0.443 e. The maximum absolute atomic E-state index is 13.2. The molecule has 0 aromatic heterocycles. The van der Waals surface area contributed by atoms with E-state index >= 15 is 0 Å². The lowest BCUT2D eigenvalue weighted by Crippen LogP contribution is -2.67. The first-order chi connectivity index (χ1) is 19.6. The first-order valence-corrected chi connectivity index (χ1v) is 15.9. The molecule has 0 aliphatic rings. The maximum atomic E-state index is 13.2. The maximum Gasteiger partial charge on any atom is 0.419 e. The zero-order chi connectivity index (χ0) is 31.6. The third kappa shape index (κ3) is 9.09. The van der Waals surface area contributed by atoms with E-state index in [0.29, 0.717) is 0 Å². The van der Waals surface area contributed by atoms with Crippen molar-refractivity contribution in [1.82, 2.24) is 10.6 Å². The molecule has 224 valence electrons. The highest BCUT2D eigenvalue weighted by Crippen LogP contribution is 2.36. The topological polar surface area (TPSA) is 103 Å². The lowest BCUT2D eigenvalue weighted by molar-refractivity contribution is -0.124. The SMILES string of the molecule is C=CC(C)(C#CC#CNC(=O)OC(C)(C)C)C(C)NC(=O)[C@@H](N)CO[Si](c1ccccc1)(c1ccccc1)C(C)(C)C. The second kappa shape index (κ2) is 14.4. The molecule has 42 heavy (non-hydrogen) atoms. The second-order valence-electron chi connectivity index (χ2n) is 12.4. The number of alkyl carbamates (subject to hydrolysis) is 1. The van der Waals surface area contributed by atoms with Crippen molar-refractivity contribution in [3.8, 4) is 23.8 Å². The van der Waals surface area contributed by atoms with Crippen LogP contribution in [-0.4, -0.2) is 44.6 Å². The lowest BCUT2D eigenvalue weighted by Gasteiger charge is -2.43. The summed E-state index contributed by atoms with van der Waals surface area (Å²) >= 11 is 0. The number of nitrogens with two attached hydrogens (primary N) is 1. The van der Waals surface area contributed by atoms with Crippen LogP contribution in [0.2, 0.25) is 5.04 Å². The van der Waals surface area contributed by atoms with Gasteiger partial charge in [-0.05, 0) is 56.0 Å².